The molecule has 0 aliphatic carbocycles. The Morgan fingerprint density at radius 1 is 1.12 bits per heavy atom. The van der Waals surface area contributed by atoms with Crippen LogP contribution in [0.25, 0.3) is 10.3 Å². The predicted molar refractivity (Wildman–Crippen MR) is 163 cm³/mol. The maximum atomic E-state index is 13.7. The Balaban J connectivity index is 1.54. The number of fused-ring (bicyclic) bond motifs is 1. The first-order valence-electron chi connectivity index (χ1n) is 13.8. The lowest BCUT2D eigenvalue weighted by Gasteiger charge is -2.31. The number of hydrogen-bond donors (Lipinski definition) is 0. The third-order valence-corrected chi connectivity index (χ3v) is 9.89. The van der Waals surface area contributed by atoms with Gasteiger partial charge in [-0.1, -0.05) is 23.5 Å². The molecule has 228 valence electrons. The summed E-state index contributed by atoms with van der Waals surface area (Å²) < 4.78 is 41.8. The zero-order valence-corrected chi connectivity index (χ0v) is 26.5. The lowest BCUT2D eigenvalue weighted by Crippen LogP contribution is -2.43. The minimum Gasteiger partial charge on any atom is -0.476 e. The van der Waals surface area contributed by atoms with Crippen molar-refractivity contribution < 1.29 is 27.4 Å². The zero-order valence-electron chi connectivity index (χ0n) is 24.8. The van der Waals surface area contributed by atoms with Crippen LogP contribution in [0.5, 0.6) is 5.88 Å². The van der Waals surface area contributed by atoms with E-state index in [1.165, 1.54) is 23.5 Å². The smallest absolute Gasteiger partial charge is 0.214 e. The van der Waals surface area contributed by atoms with E-state index < -0.39 is 9.84 Å². The standard InChI is InChI=1S/C29H39N5O6S2/c1-29(2,33(3)4)20-40-25-12-11-23-28(31-25)41-26(30-23)19-24(35)27(32-34-13-16-39-17-14-34)21-7-9-22(10-8-21)42(36,37)18-6-15-38-5/h7-12H,6,13-20H2,1-5H3/b32-27+. The van der Waals surface area contributed by atoms with Gasteiger partial charge in [-0.05, 0) is 52.6 Å². The van der Waals surface area contributed by atoms with Crippen LogP contribution in [0.2, 0.25) is 0 Å². The molecule has 0 unspecified atom stereocenters. The van der Waals surface area contributed by atoms with Crippen molar-refractivity contribution in [3.63, 3.8) is 0 Å². The van der Waals surface area contributed by atoms with Crippen molar-refractivity contribution in [2.24, 2.45) is 5.10 Å². The Morgan fingerprint density at radius 2 is 1.83 bits per heavy atom. The number of Topliss-reactive ketones (excluding diaryl/α,β-unsaturated/α-hetero) is 1. The Bertz CT molecular complexity index is 1500. The number of rotatable bonds is 14. The number of pyridine rings is 1. The molecule has 1 aliphatic rings. The van der Waals surface area contributed by atoms with E-state index in [1.807, 2.05) is 25.2 Å². The van der Waals surface area contributed by atoms with E-state index in [2.05, 4.69) is 33.8 Å². The molecule has 13 heteroatoms. The second kappa shape index (κ2) is 14.0. The molecule has 0 amide bonds. The fourth-order valence-corrected chi connectivity index (χ4v) is 6.21. The zero-order chi connectivity index (χ0) is 30.3. The van der Waals surface area contributed by atoms with Crippen LogP contribution in [0.15, 0.2) is 46.4 Å². The number of ether oxygens (including phenoxy) is 3. The van der Waals surface area contributed by atoms with Crippen molar-refractivity contribution in [2.45, 2.75) is 37.1 Å². The van der Waals surface area contributed by atoms with Crippen LogP contribution in [-0.4, -0.2) is 112 Å². The molecule has 1 fully saturated rings. The molecule has 4 rings (SSSR count). The monoisotopic (exact) mass is 617 g/mol. The lowest BCUT2D eigenvalue weighted by molar-refractivity contribution is -0.112. The van der Waals surface area contributed by atoms with Crippen molar-refractivity contribution in [1.29, 1.82) is 0 Å². The van der Waals surface area contributed by atoms with Crippen molar-refractivity contribution >= 4 is 43.0 Å². The molecule has 0 spiro atoms. The van der Waals surface area contributed by atoms with Crippen LogP contribution >= 0.6 is 11.3 Å². The SMILES string of the molecule is COCCCS(=O)(=O)c1ccc(/C(=N\N2CCOCC2)C(=O)Cc2nc3ccc(OCC(C)(C)N(C)C)nc3s2)cc1. The molecule has 0 atom stereocenters. The molecular weight excluding hydrogens is 578 g/mol. The number of hydrogen-bond acceptors (Lipinski definition) is 12. The first-order valence-corrected chi connectivity index (χ1v) is 16.3. The van der Waals surface area contributed by atoms with E-state index in [-0.39, 0.29) is 34.1 Å². The number of hydrazone groups is 1. The van der Waals surface area contributed by atoms with Crippen LogP contribution in [0, 0.1) is 0 Å². The van der Waals surface area contributed by atoms with Crippen LogP contribution < -0.4 is 4.74 Å². The predicted octanol–water partition coefficient (Wildman–Crippen LogP) is 3.07. The lowest BCUT2D eigenvalue weighted by atomic mass is 10.0. The van der Waals surface area contributed by atoms with E-state index in [0.717, 1.165) is 0 Å². The number of benzene rings is 1. The molecule has 0 saturated carbocycles. The van der Waals surface area contributed by atoms with Gasteiger partial charge >= 0.3 is 0 Å². The van der Waals surface area contributed by atoms with Crippen LogP contribution in [0.3, 0.4) is 0 Å². The normalized spacial score (nSPS) is 15.0. The molecule has 42 heavy (non-hydrogen) atoms. The van der Waals surface area contributed by atoms with Gasteiger partial charge in [-0.2, -0.15) is 5.10 Å². The Hall–Kier alpha value is -2.97. The summed E-state index contributed by atoms with van der Waals surface area (Å²) in [5.41, 5.74) is 1.32. The highest BCUT2D eigenvalue weighted by molar-refractivity contribution is 7.91. The molecular formula is C29H39N5O6S2. The average Bonchev–Trinajstić information content (AvgIpc) is 3.37. The first-order chi connectivity index (χ1) is 20.0. The Labute approximate surface area is 251 Å². The van der Waals surface area contributed by atoms with Gasteiger partial charge in [0.25, 0.3) is 0 Å². The van der Waals surface area contributed by atoms with Gasteiger partial charge in [-0.3, -0.25) is 9.80 Å². The molecule has 1 aromatic carbocycles. The number of carbonyl (C=O) groups is 1. The minimum atomic E-state index is -3.47. The van der Waals surface area contributed by atoms with Crippen molar-refractivity contribution in [3.8, 4) is 5.88 Å². The molecule has 2 aromatic heterocycles. The van der Waals surface area contributed by atoms with Crippen molar-refractivity contribution in [1.82, 2.24) is 19.9 Å². The first kappa shape index (κ1) is 32.0. The molecule has 1 aliphatic heterocycles. The number of likely N-dealkylation sites (N-methyl/N-ethyl adjacent to an activating group) is 1. The van der Waals surface area contributed by atoms with E-state index in [4.69, 9.17) is 14.2 Å². The molecule has 0 radical (unpaired) electrons. The van der Waals surface area contributed by atoms with Gasteiger partial charge in [-0.15, -0.1) is 0 Å². The number of methoxy groups -OCH3 is 1. The number of ketones is 1. The van der Waals surface area contributed by atoms with Crippen LogP contribution in [0.1, 0.15) is 30.8 Å². The topological polar surface area (TPSA) is 124 Å². The van der Waals surface area contributed by atoms with Gasteiger partial charge in [0.05, 0.1) is 43.4 Å². The molecule has 11 nitrogen and oxygen atoms in total. The fourth-order valence-electron chi connectivity index (χ4n) is 4.00. The second-order valence-corrected chi connectivity index (χ2v) is 14.1. The number of carbonyl (C=O) groups excluding carboxylic acids is 1. The molecule has 3 heterocycles. The Kier molecular flexibility index (Phi) is 10.7. The van der Waals surface area contributed by atoms with Crippen molar-refractivity contribution in [3.05, 3.63) is 47.0 Å². The number of thiazole rings is 1. The van der Waals surface area contributed by atoms with Gasteiger partial charge in [-0.25, -0.2) is 18.4 Å². The summed E-state index contributed by atoms with van der Waals surface area (Å²) >= 11 is 1.34. The Morgan fingerprint density at radius 3 is 2.50 bits per heavy atom. The summed E-state index contributed by atoms with van der Waals surface area (Å²) in [4.78, 5) is 25.9. The number of nitrogens with zero attached hydrogens (tertiary/aromatic N) is 5. The highest BCUT2D eigenvalue weighted by atomic mass is 32.2. The van der Waals surface area contributed by atoms with Gasteiger partial charge < -0.3 is 19.1 Å². The summed E-state index contributed by atoms with van der Waals surface area (Å²) in [7, 11) is 2.08. The number of aromatic nitrogens is 2. The summed E-state index contributed by atoms with van der Waals surface area (Å²) in [6, 6.07) is 9.97. The summed E-state index contributed by atoms with van der Waals surface area (Å²) in [5.74, 6) is 0.269. The maximum Gasteiger partial charge on any atom is 0.214 e. The quantitative estimate of drug-likeness (QED) is 0.197. The highest BCUT2D eigenvalue weighted by Crippen LogP contribution is 2.25. The molecule has 3 aromatic rings. The largest absolute Gasteiger partial charge is 0.476 e. The summed E-state index contributed by atoms with van der Waals surface area (Å²) in [5, 5.41) is 7.10. The second-order valence-electron chi connectivity index (χ2n) is 10.9. The number of morpholine rings is 1. The molecule has 0 bridgehead atoms. The van der Waals surface area contributed by atoms with Gasteiger partial charge in [0.2, 0.25) is 5.88 Å². The van der Waals surface area contributed by atoms with Gasteiger partial charge in [0.1, 0.15) is 27.7 Å². The third-order valence-electron chi connectivity index (χ3n) is 7.11. The van der Waals surface area contributed by atoms with Gasteiger partial charge in [0.15, 0.2) is 15.6 Å². The minimum absolute atomic E-state index is 0.0142. The third kappa shape index (κ3) is 8.32. The van der Waals surface area contributed by atoms with E-state index in [0.29, 0.717) is 72.7 Å². The van der Waals surface area contributed by atoms with Crippen LogP contribution in [0.4, 0.5) is 0 Å². The van der Waals surface area contributed by atoms with Crippen molar-refractivity contribution in [2.75, 3.05) is 66.5 Å². The maximum absolute atomic E-state index is 13.7. The number of sulfone groups is 1. The average molecular weight is 618 g/mol. The highest BCUT2D eigenvalue weighted by Gasteiger charge is 2.23. The van der Waals surface area contributed by atoms with E-state index >= 15 is 0 Å². The van der Waals surface area contributed by atoms with E-state index in [9.17, 15) is 13.2 Å². The van der Waals surface area contributed by atoms with Crippen LogP contribution in [-0.2, 0) is 30.5 Å². The summed E-state index contributed by atoms with van der Waals surface area (Å²) in [6.45, 7) is 7.17. The van der Waals surface area contributed by atoms with Gasteiger partial charge in [0, 0.05) is 30.9 Å². The fraction of sp³-hybridized carbons (Fsp3) is 0.517. The van der Waals surface area contributed by atoms with E-state index in [1.54, 1.807) is 25.3 Å². The molecule has 0 N–H and O–H groups in total. The molecule has 1 saturated heterocycles. The summed E-state index contributed by atoms with van der Waals surface area (Å²) in [6.07, 6.45) is 0.437.